The average molecular weight is 229 g/mol. The first-order valence-corrected chi connectivity index (χ1v) is 6.56. The highest BCUT2D eigenvalue weighted by Gasteiger charge is 2.12. The third-order valence-corrected chi connectivity index (χ3v) is 3.39. The van der Waals surface area contributed by atoms with E-state index in [0.717, 1.165) is 13.1 Å². The molecule has 1 nitrogen and oxygen atoms in total. The summed E-state index contributed by atoms with van der Waals surface area (Å²) >= 11 is 0. The second-order valence-corrected chi connectivity index (χ2v) is 5.92. The summed E-state index contributed by atoms with van der Waals surface area (Å²) in [5.74, 6) is 0. The van der Waals surface area contributed by atoms with Gasteiger partial charge in [0.1, 0.15) is 0 Å². The molecular formula is C16H23N. The van der Waals surface area contributed by atoms with Gasteiger partial charge in [-0.2, -0.15) is 0 Å². The minimum atomic E-state index is 0.250. The lowest BCUT2D eigenvalue weighted by molar-refractivity contribution is 0.590. The molecule has 1 aromatic rings. The second kappa shape index (κ2) is 5.05. The molecule has 2 rings (SSSR count). The zero-order valence-electron chi connectivity index (χ0n) is 11.2. The molecule has 0 radical (unpaired) electrons. The molecule has 1 heteroatoms. The Labute approximate surface area is 105 Å². The van der Waals surface area contributed by atoms with Crippen molar-refractivity contribution in [1.82, 2.24) is 5.32 Å². The summed E-state index contributed by atoms with van der Waals surface area (Å²) in [6.45, 7) is 9.03. The van der Waals surface area contributed by atoms with Crippen LogP contribution >= 0.6 is 0 Å². The maximum Gasteiger partial charge on any atom is -0.00113 e. The highest BCUT2D eigenvalue weighted by molar-refractivity contribution is 5.54. The van der Waals surface area contributed by atoms with E-state index in [0.29, 0.717) is 0 Å². The first-order chi connectivity index (χ1) is 8.05. The van der Waals surface area contributed by atoms with Crippen molar-refractivity contribution in [2.24, 2.45) is 0 Å². The van der Waals surface area contributed by atoms with Crippen LogP contribution in [0.4, 0.5) is 0 Å². The van der Waals surface area contributed by atoms with Gasteiger partial charge in [0.15, 0.2) is 0 Å². The molecule has 17 heavy (non-hydrogen) atoms. The standard InChI is InChI=1S/C16H23N/c1-16(2,3)15-6-4-13(5-7-15)12-14-8-10-17-11-9-14/h4-7,12,17H,8-11H2,1-3H3. The van der Waals surface area contributed by atoms with Gasteiger partial charge in [0.05, 0.1) is 0 Å². The zero-order valence-corrected chi connectivity index (χ0v) is 11.2. The van der Waals surface area contributed by atoms with Crippen LogP contribution in [0.3, 0.4) is 0 Å². The van der Waals surface area contributed by atoms with Crippen LogP contribution in [0.25, 0.3) is 6.08 Å². The molecule has 0 saturated carbocycles. The Bertz CT molecular complexity index is 385. The maximum atomic E-state index is 3.39. The quantitative estimate of drug-likeness (QED) is 0.773. The Balaban J connectivity index is 2.12. The summed E-state index contributed by atoms with van der Waals surface area (Å²) in [5.41, 5.74) is 4.58. The topological polar surface area (TPSA) is 12.0 Å². The number of hydrogen-bond donors (Lipinski definition) is 1. The summed E-state index contributed by atoms with van der Waals surface area (Å²) in [4.78, 5) is 0. The van der Waals surface area contributed by atoms with Crippen molar-refractivity contribution in [1.29, 1.82) is 0 Å². The van der Waals surface area contributed by atoms with Gasteiger partial charge in [0.25, 0.3) is 0 Å². The Hall–Kier alpha value is -1.08. The predicted molar refractivity (Wildman–Crippen MR) is 75.2 cm³/mol. The summed E-state index contributed by atoms with van der Waals surface area (Å²) in [6, 6.07) is 9.01. The highest BCUT2D eigenvalue weighted by Crippen LogP contribution is 2.23. The number of rotatable bonds is 1. The van der Waals surface area contributed by atoms with Crippen molar-refractivity contribution in [2.75, 3.05) is 13.1 Å². The molecule has 92 valence electrons. The van der Waals surface area contributed by atoms with Crippen molar-refractivity contribution < 1.29 is 0 Å². The SMILES string of the molecule is CC(C)(C)c1ccc(C=C2CCNCC2)cc1. The van der Waals surface area contributed by atoms with Gasteiger partial charge in [-0.15, -0.1) is 0 Å². The lowest BCUT2D eigenvalue weighted by Crippen LogP contribution is -2.22. The molecule has 1 aliphatic heterocycles. The number of benzene rings is 1. The third kappa shape index (κ3) is 3.44. The molecule has 1 fully saturated rings. The first kappa shape index (κ1) is 12.4. The van der Waals surface area contributed by atoms with Crippen molar-refractivity contribution >= 4 is 6.08 Å². The highest BCUT2D eigenvalue weighted by atomic mass is 14.9. The molecule has 0 atom stereocenters. The molecule has 1 aliphatic rings. The largest absolute Gasteiger partial charge is 0.316 e. The second-order valence-electron chi connectivity index (χ2n) is 5.92. The fraction of sp³-hybridized carbons (Fsp3) is 0.500. The minimum Gasteiger partial charge on any atom is -0.316 e. The van der Waals surface area contributed by atoms with Gasteiger partial charge < -0.3 is 5.32 Å². The van der Waals surface area contributed by atoms with Crippen molar-refractivity contribution in [3.63, 3.8) is 0 Å². The van der Waals surface area contributed by atoms with Crippen LogP contribution in [0.15, 0.2) is 29.8 Å². The Morgan fingerprint density at radius 1 is 1.00 bits per heavy atom. The normalized spacial score (nSPS) is 17.0. The van der Waals surface area contributed by atoms with Gasteiger partial charge in [0, 0.05) is 0 Å². The van der Waals surface area contributed by atoms with E-state index in [4.69, 9.17) is 0 Å². The van der Waals surface area contributed by atoms with Gasteiger partial charge in [0.2, 0.25) is 0 Å². The number of nitrogens with one attached hydrogen (secondary N) is 1. The summed E-state index contributed by atoms with van der Waals surface area (Å²) in [5, 5.41) is 3.39. The Morgan fingerprint density at radius 2 is 1.59 bits per heavy atom. The Morgan fingerprint density at radius 3 is 2.12 bits per heavy atom. The van der Waals surface area contributed by atoms with Crippen LogP contribution in [-0.2, 0) is 5.41 Å². The maximum absolute atomic E-state index is 3.39. The van der Waals surface area contributed by atoms with Gasteiger partial charge in [-0.1, -0.05) is 56.7 Å². The van der Waals surface area contributed by atoms with Crippen LogP contribution in [-0.4, -0.2) is 13.1 Å². The monoisotopic (exact) mass is 229 g/mol. The number of hydrogen-bond acceptors (Lipinski definition) is 1. The van der Waals surface area contributed by atoms with Crippen LogP contribution < -0.4 is 5.32 Å². The van der Waals surface area contributed by atoms with E-state index in [1.54, 1.807) is 5.57 Å². The lowest BCUT2D eigenvalue weighted by atomic mass is 9.86. The van der Waals surface area contributed by atoms with E-state index >= 15 is 0 Å². The molecule has 1 aromatic carbocycles. The lowest BCUT2D eigenvalue weighted by Gasteiger charge is -2.19. The fourth-order valence-corrected chi connectivity index (χ4v) is 2.21. The minimum absolute atomic E-state index is 0.250. The van der Waals surface area contributed by atoms with Gasteiger partial charge in [-0.3, -0.25) is 0 Å². The van der Waals surface area contributed by atoms with E-state index in [1.807, 2.05) is 0 Å². The first-order valence-electron chi connectivity index (χ1n) is 6.56. The molecule has 0 aliphatic carbocycles. The molecule has 0 bridgehead atoms. The van der Waals surface area contributed by atoms with Crippen LogP contribution in [0.5, 0.6) is 0 Å². The summed E-state index contributed by atoms with van der Waals surface area (Å²) < 4.78 is 0. The van der Waals surface area contributed by atoms with Crippen molar-refractivity contribution in [3.05, 3.63) is 41.0 Å². The molecular weight excluding hydrogens is 206 g/mol. The average Bonchev–Trinajstić information content (AvgIpc) is 2.30. The molecule has 0 unspecified atom stereocenters. The van der Waals surface area contributed by atoms with E-state index < -0.39 is 0 Å². The molecule has 0 amide bonds. The third-order valence-electron chi connectivity index (χ3n) is 3.39. The van der Waals surface area contributed by atoms with E-state index in [9.17, 15) is 0 Å². The smallest absolute Gasteiger partial charge is 0.00113 e. The molecule has 1 saturated heterocycles. The molecule has 1 heterocycles. The number of piperidine rings is 1. The van der Waals surface area contributed by atoms with Crippen molar-refractivity contribution in [3.8, 4) is 0 Å². The van der Waals surface area contributed by atoms with Gasteiger partial charge in [-0.05, 0) is 42.5 Å². The summed E-state index contributed by atoms with van der Waals surface area (Å²) in [7, 11) is 0. The van der Waals surface area contributed by atoms with Crippen molar-refractivity contribution in [2.45, 2.75) is 39.0 Å². The van der Waals surface area contributed by atoms with Gasteiger partial charge in [-0.25, -0.2) is 0 Å². The van der Waals surface area contributed by atoms with E-state index in [1.165, 1.54) is 24.0 Å². The van der Waals surface area contributed by atoms with Crippen LogP contribution in [0.1, 0.15) is 44.7 Å². The van der Waals surface area contributed by atoms with Crippen LogP contribution in [0.2, 0.25) is 0 Å². The van der Waals surface area contributed by atoms with Gasteiger partial charge >= 0.3 is 0 Å². The predicted octanol–water partition coefficient (Wildman–Crippen LogP) is 3.75. The van der Waals surface area contributed by atoms with E-state index in [2.05, 4.69) is 56.4 Å². The molecule has 1 N–H and O–H groups in total. The fourth-order valence-electron chi connectivity index (χ4n) is 2.21. The molecule has 0 aromatic heterocycles. The summed E-state index contributed by atoms with van der Waals surface area (Å²) in [6.07, 6.45) is 4.75. The Kier molecular flexibility index (Phi) is 3.68. The van der Waals surface area contributed by atoms with E-state index in [-0.39, 0.29) is 5.41 Å². The molecule has 0 spiro atoms. The zero-order chi connectivity index (χ0) is 12.3. The van der Waals surface area contributed by atoms with Crippen LogP contribution in [0, 0.1) is 0 Å².